The highest BCUT2D eigenvalue weighted by Gasteiger charge is 2.08. The van der Waals surface area contributed by atoms with E-state index in [2.05, 4.69) is 31.3 Å². The maximum absolute atomic E-state index is 12.8. The van der Waals surface area contributed by atoms with Gasteiger partial charge in [0.25, 0.3) is 0 Å². The fourth-order valence-electron chi connectivity index (χ4n) is 1.76. The lowest BCUT2D eigenvalue weighted by atomic mass is 10.2. The van der Waals surface area contributed by atoms with Gasteiger partial charge in [0.1, 0.15) is 5.82 Å². The molecular weight excluding hydrogens is 233 g/mol. The van der Waals surface area contributed by atoms with Gasteiger partial charge < -0.3 is 5.32 Å². The number of hydrogen-bond acceptors (Lipinski definition) is 2. The first-order valence-electron chi connectivity index (χ1n) is 5.79. The van der Waals surface area contributed by atoms with Gasteiger partial charge in [-0.05, 0) is 43.3 Å². The van der Waals surface area contributed by atoms with Gasteiger partial charge in [-0.3, -0.25) is 0 Å². The summed E-state index contributed by atoms with van der Waals surface area (Å²) in [6.07, 6.45) is 0. The van der Waals surface area contributed by atoms with Crippen molar-refractivity contribution < 1.29 is 4.39 Å². The largest absolute Gasteiger partial charge is 0.310 e. The van der Waals surface area contributed by atoms with E-state index >= 15 is 0 Å². The van der Waals surface area contributed by atoms with E-state index in [0.29, 0.717) is 6.04 Å². The summed E-state index contributed by atoms with van der Waals surface area (Å²) in [5.41, 5.74) is 1.08. The van der Waals surface area contributed by atoms with Crippen molar-refractivity contribution in [2.24, 2.45) is 0 Å². The summed E-state index contributed by atoms with van der Waals surface area (Å²) in [4.78, 5) is 2.50. The quantitative estimate of drug-likeness (QED) is 0.855. The number of nitrogens with one attached hydrogen (secondary N) is 1. The van der Waals surface area contributed by atoms with Crippen LogP contribution in [0, 0.1) is 5.82 Å². The van der Waals surface area contributed by atoms with Crippen LogP contribution in [0.1, 0.15) is 24.8 Å². The highest BCUT2D eigenvalue weighted by molar-refractivity contribution is 7.15. The minimum absolute atomic E-state index is 0.188. The summed E-state index contributed by atoms with van der Waals surface area (Å²) in [6, 6.07) is 11.3. The van der Waals surface area contributed by atoms with Gasteiger partial charge in [-0.25, -0.2) is 4.39 Å². The Bertz CT molecular complexity index is 475. The Morgan fingerprint density at radius 2 is 1.88 bits per heavy atom. The zero-order valence-corrected chi connectivity index (χ0v) is 10.9. The Morgan fingerprint density at radius 3 is 2.53 bits per heavy atom. The summed E-state index contributed by atoms with van der Waals surface area (Å²) < 4.78 is 12.8. The smallest absolute Gasteiger partial charge is 0.123 e. The summed E-state index contributed by atoms with van der Waals surface area (Å²) >= 11 is 1.75. The number of halogens is 1. The molecule has 0 saturated carbocycles. The molecule has 0 amide bonds. The molecule has 2 rings (SSSR count). The van der Waals surface area contributed by atoms with Crippen molar-refractivity contribution in [2.45, 2.75) is 19.9 Å². The lowest BCUT2D eigenvalue weighted by Crippen LogP contribution is -2.16. The van der Waals surface area contributed by atoms with Crippen LogP contribution in [0.25, 0.3) is 10.4 Å². The van der Waals surface area contributed by atoms with Crippen molar-refractivity contribution in [3.8, 4) is 10.4 Å². The van der Waals surface area contributed by atoms with Gasteiger partial charge in [0.15, 0.2) is 0 Å². The number of thiophene rings is 1. The number of rotatable bonds is 4. The second-order valence-electron chi connectivity index (χ2n) is 3.99. The molecule has 1 atom stereocenters. The second-order valence-corrected chi connectivity index (χ2v) is 5.10. The van der Waals surface area contributed by atoms with Crippen LogP contribution in [-0.2, 0) is 0 Å². The van der Waals surface area contributed by atoms with Crippen molar-refractivity contribution >= 4 is 11.3 Å². The molecule has 0 aliphatic carbocycles. The van der Waals surface area contributed by atoms with Gasteiger partial charge in [-0.15, -0.1) is 11.3 Å². The van der Waals surface area contributed by atoms with Crippen LogP contribution in [0.5, 0.6) is 0 Å². The predicted molar refractivity (Wildman–Crippen MR) is 71.8 cm³/mol. The molecule has 0 aliphatic heterocycles. The minimum atomic E-state index is -0.188. The molecule has 1 heterocycles. The fourth-order valence-corrected chi connectivity index (χ4v) is 2.80. The average Bonchev–Trinajstić information content (AvgIpc) is 2.80. The SMILES string of the molecule is CCNC(C)c1ccc(-c2ccc(F)cc2)s1. The van der Waals surface area contributed by atoms with E-state index in [1.165, 1.54) is 21.9 Å². The van der Waals surface area contributed by atoms with Crippen molar-refractivity contribution in [1.29, 1.82) is 0 Å². The van der Waals surface area contributed by atoms with E-state index in [1.807, 2.05) is 12.1 Å². The van der Waals surface area contributed by atoms with E-state index in [0.717, 1.165) is 12.1 Å². The van der Waals surface area contributed by atoms with Crippen LogP contribution in [0.2, 0.25) is 0 Å². The molecule has 1 N–H and O–H groups in total. The molecule has 0 saturated heterocycles. The summed E-state index contributed by atoms with van der Waals surface area (Å²) in [5, 5.41) is 3.39. The summed E-state index contributed by atoms with van der Waals surface area (Å²) in [6.45, 7) is 5.22. The van der Waals surface area contributed by atoms with E-state index < -0.39 is 0 Å². The Morgan fingerprint density at radius 1 is 1.18 bits per heavy atom. The predicted octanol–water partition coefficient (Wildman–Crippen LogP) is 4.22. The maximum Gasteiger partial charge on any atom is 0.123 e. The molecule has 0 radical (unpaired) electrons. The van der Waals surface area contributed by atoms with Gasteiger partial charge in [0.2, 0.25) is 0 Å². The zero-order valence-electron chi connectivity index (χ0n) is 10.0. The molecule has 1 nitrogen and oxygen atoms in total. The van der Waals surface area contributed by atoms with Crippen LogP contribution in [0.3, 0.4) is 0 Å². The first-order chi connectivity index (χ1) is 8.20. The molecule has 0 aliphatic rings. The average molecular weight is 249 g/mol. The molecule has 3 heteroatoms. The molecule has 0 bridgehead atoms. The Kier molecular flexibility index (Phi) is 3.92. The highest BCUT2D eigenvalue weighted by Crippen LogP contribution is 2.31. The third kappa shape index (κ3) is 2.93. The Labute approximate surface area is 105 Å². The van der Waals surface area contributed by atoms with E-state index in [4.69, 9.17) is 0 Å². The van der Waals surface area contributed by atoms with Crippen molar-refractivity contribution in [2.75, 3.05) is 6.54 Å². The van der Waals surface area contributed by atoms with Gasteiger partial charge >= 0.3 is 0 Å². The van der Waals surface area contributed by atoms with Gasteiger partial charge in [-0.1, -0.05) is 19.1 Å². The molecule has 1 aromatic heterocycles. The van der Waals surface area contributed by atoms with Crippen molar-refractivity contribution in [3.63, 3.8) is 0 Å². The lowest BCUT2D eigenvalue weighted by molar-refractivity contribution is 0.607. The number of hydrogen-bond donors (Lipinski definition) is 1. The summed E-state index contributed by atoms with van der Waals surface area (Å²) in [5.74, 6) is -0.188. The van der Waals surface area contributed by atoms with Gasteiger partial charge in [0, 0.05) is 15.8 Å². The Balaban J connectivity index is 2.20. The highest BCUT2D eigenvalue weighted by atomic mass is 32.1. The molecule has 17 heavy (non-hydrogen) atoms. The zero-order chi connectivity index (χ0) is 12.3. The first kappa shape index (κ1) is 12.3. The topological polar surface area (TPSA) is 12.0 Å². The Hall–Kier alpha value is -1.19. The van der Waals surface area contributed by atoms with Crippen molar-refractivity contribution in [1.82, 2.24) is 5.32 Å². The maximum atomic E-state index is 12.8. The van der Waals surface area contributed by atoms with E-state index in [9.17, 15) is 4.39 Å². The van der Waals surface area contributed by atoms with Crippen LogP contribution in [-0.4, -0.2) is 6.54 Å². The first-order valence-corrected chi connectivity index (χ1v) is 6.61. The molecule has 1 aromatic carbocycles. The van der Waals surface area contributed by atoms with Crippen LogP contribution < -0.4 is 5.32 Å². The summed E-state index contributed by atoms with van der Waals surface area (Å²) in [7, 11) is 0. The third-order valence-electron chi connectivity index (χ3n) is 2.69. The normalized spacial score (nSPS) is 12.6. The number of benzene rings is 1. The van der Waals surface area contributed by atoms with Gasteiger partial charge in [-0.2, -0.15) is 0 Å². The van der Waals surface area contributed by atoms with Crippen LogP contribution in [0.4, 0.5) is 4.39 Å². The van der Waals surface area contributed by atoms with E-state index in [1.54, 1.807) is 11.3 Å². The molecule has 0 fully saturated rings. The molecule has 2 aromatic rings. The molecule has 0 spiro atoms. The minimum Gasteiger partial charge on any atom is -0.310 e. The van der Waals surface area contributed by atoms with Crippen LogP contribution in [0.15, 0.2) is 36.4 Å². The monoisotopic (exact) mass is 249 g/mol. The van der Waals surface area contributed by atoms with Crippen LogP contribution >= 0.6 is 11.3 Å². The third-order valence-corrected chi connectivity index (χ3v) is 4.01. The molecular formula is C14H16FNS. The standard InChI is InChI=1S/C14H16FNS/c1-3-16-10(2)13-8-9-14(17-13)11-4-6-12(15)7-5-11/h4-10,16H,3H2,1-2H3. The molecule has 1 unspecified atom stereocenters. The van der Waals surface area contributed by atoms with E-state index in [-0.39, 0.29) is 5.82 Å². The van der Waals surface area contributed by atoms with Gasteiger partial charge in [0.05, 0.1) is 0 Å². The molecule has 90 valence electrons. The fraction of sp³-hybridized carbons (Fsp3) is 0.286. The van der Waals surface area contributed by atoms with Crippen molar-refractivity contribution in [3.05, 3.63) is 47.1 Å². The lowest BCUT2D eigenvalue weighted by Gasteiger charge is -2.08. The second kappa shape index (κ2) is 5.43.